The minimum absolute atomic E-state index is 0.249. The smallest absolute Gasteiger partial charge is 0.124 e. The minimum atomic E-state index is -0.274. The lowest BCUT2D eigenvalue weighted by atomic mass is 10.1. The van der Waals surface area contributed by atoms with Crippen LogP contribution in [0.3, 0.4) is 0 Å². The monoisotopic (exact) mass is 311 g/mol. The quantitative estimate of drug-likeness (QED) is 0.870. The predicted molar refractivity (Wildman–Crippen MR) is 72.6 cm³/mol. The fourth-order valence-electron chi connectivity index (χ4n) is 1.68. The lowest BCUT2D eigenvalue weighted by Crippen LogP contribution is -2.02. The maximum Gasteiger partial charge on any atom is 0.124 e. The largest absolute Gasteiger partial charge is 0.381 e. The zero-order valence-electron chi connectivity index (χ0n) is 9.81. The molecule has 0 aromatic heterocycles. The summed E-state index contributed by atoms with van der Waals surface area (Å²) < 4.78 is 26.6. The van der Waals surface area contributed by atoms with Crippen molar-refractivity contribution in [3.63, 3.8) is 0 Å². The molecule has 2 aromatic rings. The van der Waals surface area contributed by atoms with Crippen LogP contribution >= 0.6 is 15.9 Å². The van der Waals surface area contributed by atoms with E-state index in [-0.39, 0.29) is 11.6 Å². The Morgan fingerprint density at radius 2 is 1.72 bits per heavy atom. The summed E-state index contributed by atoms with van der Waals surface area (Å²) in [7, 11) is 0. The van der Waals surface area contributed by atoms with Gasteiger partial charge < -0.3 is 5.32 Å². The van der Waals surface area contributed by atoms with Crippen LogP contribution < -0.4 is 5.32 Å². The van der Waals surface area contributed by atoms with E-state index in [1.54, 1.807) is 12.1 Å². The number of benzene rings is 2. The van der Waals surface area contributed by atoms with E-state index in [4.69, 9.17) is 0 Å². The van der Waals surface area contributed by atoms with Crippen LogP contribution in [0.1, 0.15) is 11.1 Å². The summed E-state index contributed by atoms with van der Waals surface area (Å²) in [5, 5.41) is 3.20. The Balaban J connectivity index is 2.11. The van der Waals surface area contributed by atoms with Crippen LogP contribution in [0.5, 0.6) is 0 Å². The molecule has 0 saturated carbocycles. The molecule has 0 aliphatic carbocycles. The van der Waals surface area contributed by atoms with Crippen LogP contribution in [0.25, 0.3) is 0 Å². The first-order valence-corrected chi connectivity index (χ1v) is 6.29. The number of anilines is 1. The molecule has 0 aliphatic heterocycles. The number of nitrogens with one attached hydrogen (secondary N) is 1. The molecule has 0 spiro atoms. The Kier molecular flexibility index (Phi) is 3.97. The summed E-state index contributed by atoms with van der Waals surface area (Å²) in [4.78, 5) is 0. The van der Waals surface area contributed by atoms with Gasteiger partial charge in [0.05, 0.1) is 0 Å². The van der Waals surface area contributed by atoms with Crippen molar-refractivity contribution in [2.75, 3.05) is 5.32 Å². The number of halogens is 3. The van der Waals surface area contributed by atoms with Crippen molar-refractivity contribution in [2.45, 2.75) is 13.5 Å². The molecule has 94 valence electrons. The molecule has 1 nitrogen and oxygen atoms in total. The van der Waals surface area contributed by atoms with Crippen molar-refractivity contribution in [3.05, 3.63) is 63.6 Å². The third kappa shape index (κ3) is 3.07. The van der Waals surface area contributed by atoms with Gasteiger partial charge in [0.15, 0.2) is 0 Å². The molecule has 0 fully saturated rings. The van der Waals surface area contributed by atoms with E-state index in [0.29, 0.717) is 6.54 Å². The number of aryl methyl sites for hydroxylation is 1. The van der Waals surface area contributed by atoms with Gasteiger partial charge in [0.25, 0.3) is 0 Å². The summed E-state index contributed by atoms with van der Waals surface area (Å²) in [6, 6.07) is 9.14. The molecule has 18 heavy (non-hydrogen) atoms. The van der Waals surface area contributed by atoms with Gasteiger partial charge >= 0.3 is 0 Å². The van der Waals surface area contributed by atoms with E-state index >= 15 is 0 Å². The van der Waals surface area contributed by atoms with Crippen LogP contribution in [-0.2, 0) is 6.54 Å². The second-order valence-corrected chi connectivity index (χ2v) is 4.90. The highest BCUT2D eigenvalue weighted by Crippen LogP contribution is 2.21. The summed E-state index contributed by atoms with van der Waals surface area (Å²) in [5.74, 6) is -0.524. The van der Waals surface area contributed by atoms with Gasteiger partial charge in [0.2, 0.25) is 0 Å². The summed E-state index contributed by atoms with van der Waals surface area (Å²) in [5.41, 5.74) is 2.65. The van der Waals surface area contributed by atoms with Crippen molar-refractivity contribution in [2.24, 2.45) is 0 Å². The maximum absolute atomic E-state index is 12.9. The van der Waals surface area contributed by atoms with Gasteiger partial charge in [-0.05, 0) is 48.4 Å². The Hall–Kier alpha value is -1.42. The van der Waals surface area contributed by atoms with Crippen molar-refractivity contribution >= 4 is 21.6 Å². The molecular weight excluding hydrogens is 300 g/mol. The molecule has 2 aromatic carbocycles. The number of hydrogen-bond acceptors (Lipinski definition) is 1. The van der Waals surface area contributed by atoms with Crippen LogP contribution in [0.2, 0.25) is 0 Å². The third-order valence-electron chi connectivity index (χ3n) is 2.67. The lowest BCUT2D eigenvalue weighted by Gasteiger charge is -2.11. The first-order chi connectivity index (χ1) is 8.56. The summed E-state index contributed by atoms with van der Waals surface area (Å²) in [6.07, 6.45) is 0. The third-order valence-corrected chi connectivity index (χ3v) is 3.41. The molecule has 0 bridgehead atoms. The summed E-state index contributed by atoms with van der Waals surface area (Å²) >= 11 is 3.31. The van der Waals surface area contributed by atoms with Gasteiger partial charge in [-0.3, -0.25) is 0 Å². The number of hydrogen-bond donors (Lipinski definition) is 1. The molecule has 0 unspecified atom stereocenters. The van der Waals surface area contributed by atoms with E-state index < -0.39 is 0 Å². The Bertz CT molecular complexity index is 518. The van der Waals surface area contributed by atoms with Crippen LogP contribution in [0, 0.1) is 18.6 Å². The van der Waals surface area contributed by atoms with E-state index in [9.17, 15) is 8.78 Å². The van der Waals surface area contributed by atoms with Gasteiger partial charge in [0.1, 0.15) is 11.6 Å². The molecule has 2 rings (SSSR count). The molecule has 4 heteroatoms. The average Bonchev–Trinajstić information content (AvgIpc) is 2.30. The fraction of sp³-hybridized carbons (Fsp3) is 0.143. The predicted octanol–water partition coefficient (Wildman–Crippen LogP) is 4.65. The molecule has 0 heterocycles. The Labute approximate surface area is 113 Å². The molecular formula is C14H12BrF2N. The molecule has 1 N–H and O–H groups in total. The SMILES string of the molecule is Cc1cc(F)ccc1NCc1ccc(F)cc1Br. The minimum Gasteiger partial charge on any atom is -0.381 e. The zero-order chi connectivity index (χ0) is 13.1. The van der Waals surface area contributed by atoms with Gasteiger partial charge in [-0.2, -0.15) is 0 Å². The first kappa shape index (κ1) is 13.0. The van der Waals surface area contributed by atoms with E-state index in [0.717, 1.165) is 21.3 Å². The highest BCUT2D eigenvalue weighted by Gasteiger charge is 2.03. The Morgan fingerprint density at radius 1 is 1.06 bits per heavy atom. The average molecular weight is 312 g/mol. The molecule has 0 aliphatic rings. The van der Waals surface area contributed by atoms with E-state index in [1.165, 1.54) is 24.3 Å². The first-order valence-electron chi connectivity index (χ1n) is 5.50. The standard InChI is InChI=1S/C14H12BrF2N/c1-9-6-11(16)4-5-14(9)18-8-10-2-3-12(17)7-13(10)15/h2-7,18H,8H2,1H3. The Morgan fingerprint density at radius 3 is 2.39 bits per heavy atom. The molecule has 0 radical (unpaired) electrons. The van der Waals surface area contributed by atoms with Gasteiger partial charge in [-0.25, -0.2) is 8.78 Å². The topological polar surface area (TPSA) is 12.0 Å². The molecule has 0 amide bonds. The lowest BCUT2D eigenvalue weighted by molar-refractivity contribution is 0.625. The zero-order valence-corrected chi connectivity index (χ0v) is 11.4. The highest BCUT2D eigenvalue weighted by atomic mass is 79.9. The second kappa shape index (κ2) is 5.48. The highest BCUT2D eigenvalue weighted by molar-refractivity contribution is 9.10. The fourth-order valence-corrected chi connectivity index (χ4v) is 2.17. The van der Waals surface area contributed by atoms with Crippen LogP contribution in [-0.4, -0.2) is 0 Å². The van der Waals surface area contributed by atoms with Gasteiger partial charge in [0, 0.05) is 16.7 Å². The second-order valence-electron chi connectivity index (χ2n) is 4.05. The van der Waals surface area contributed by atoms with Crippen LogP contribution in [0.4, 0.5) is 14.5 Å². The van der Waals surface area contributed by atoms with Gasteiger partial charge in [-0.15, -0.1) is 0 Å². The summed E-state index contributed by atoms with van der Waals surface area (Å²) in [6.45, 7) is 2.39. The maximum atomic E-state index is 12.9. The van der Waals surface area contributed by atoms with E-state index in [1.807, 2.05) is 6.92 Å². The van der Waals surface area contributed by atoms with Crippen molar-refractivity contribution < 1.29 is 8.78 Å². The molecule has 0 atom stereocenters. The van der Waals surface area contributed by atoms with Crippen molar-refractivity contribution in [1.82, 2.24) is 0 Å². The van der Waals surface area contributed by atoms with Crippen molar-refractivity contribution in [1.29, 1.82) is 0 Å². The van der Waals surface area contributed by atoms with Gasteiger partial charge in [-0.1, -0.05) is 22.0 Å². The van der Waals surface area contributed by atoms with Crippen LogP contribution in [0.15, 0.2) is 40.9 Å². The van der Waals surface area contributed by atoms with E-state index in [2.05, 4.69) is 21.2 Å². The number of rotatable bonds is 3. The normalized spacial score (nSPS) is 10.4. The molecule has 0 saturated heterocycles. The van der Waals surface area contributed by atoms with Crippen molar-refractivity contribution in [3.8, 4) is 0 Å².